The number of urea groups is 1. The first-order valence-corrected chi connectivity index (χ1v) is 10.5. The second-order valence-corrected chi connectivity index (χ2v) is 7.26. The SMILES string of the molecule is COc1ccc(/C=N/NC(=O)Nc2ccc(C)c(Nc3nccc(-c4cccnc4)n3)c2)cc1. The zero-order valence-corrected chi connectivity index (χ0v) is 18.7. The second-order valence-electron chi connectivity index (χ2n) is 7.26. The fraction of sp³-hybridized carbons (Fsp3) is 0.0800. The van der Waals surface area contributed by atoms with Crippen molar-refractivity contribution in [2.75, 3.05) is 17.7 Å². The molecule has 2 heterocycles. The van der Waals surface area contributed by atoms with Crippen LogP contribution < -0.4 is 20.8 Å². The molecule has 3 N–H and O–H groups in total. The van der Waals surface area contributed by atoms with Gasteiger partial charge in [0, 0.05) is 35.5 Å². The van der Waals surface area contributed by atoms with Crippen LogP contribution in [0.5, 0.6) is 5.75 Å². The quantitative estimate of drug-likeness (QED) is 0.275. The molecule has 9 nitrogen and oxygen atoms in total. The van der Waals surface area contributed by atoms with Gasteiger partial charge in [-0.05, 0) is 72.6 Å². The topological polar surface area (TPSA) is 113 Å². The first kappa shape index (κ1) is 22.4. The zero-order chi connectivity index (χ0) is 23.8. The summed E-state index contributed by atoms with van der Waals surface area (Å²) in [7, 11) is 1.60. The molecule has 4 rings (SSSR count). The van der Waals surface area contributed by atoms with Gasteiger partial charge in [0.15, 0.2) is 0 Å². The Morgan fingerprint density at radius 1 is 1.06 bits per heavy atom. The van der Waals surface area contributed by atoms with Crippen LogP contribution in [-0.4, -0.2) is 34.3 Å². The number of hydrazone groups is 1. The van der Waals surface area contributed by atoms with Gasteiger partial charge < -0.3 is 15.4 Å². The Balaban J connectivity index is 1.40. The van der Waals surface area contributed by atoms with Crippen molar-refractivity contribution in [2.24, 2.45) is 5.10 Å². The highest BCUT2D eigenvalue weighted by atomic mass is 16.5. The number of rotatable bonds is 7. The summed E-state index contributed by atoms with van der Waals surface area (Å²) in [6, 6.07) is 18.0. The van der Waals surface area contributed by atoms with Crippen LogP contribution in [0.3, 0.4) is 0 Å². The number of benzene rings is 2. The lowest BCUT2D eigenvalue weighted by Gasteiger charge is -2.12. The number of anilines is 3. The Morgan fingerprint density at radius 2 is 1.91 bits per heavy atom. The first-order valence-electron chi connectivity index (χ1n) is 10.5. The lowest BCUT2D eigenvalue weighted by atomic mass is 10.2. The van der Waals surface area contributed by atoms with Gasteiger partial charge in [-0.25, -0.2) is 20.2 Å². The van der Waals surface area contributed by atoms with Gasteiger partial charge in [-0.15, -0.1) is 0 Å². The number of carbonyl (C=O) groups is 1. The van der Waals surface area contributed by atoms with Gasteiger partial charge in [0.25, 0.3) is 0 Å². The predicted molar refractivity (Wildman–Crippen MR) is 132 cm³/mol. The van der Waals surface area contributed by atoms with Crippen molar-refractivity contribution >= 4 is 29.6 Å². The fourth-order valence-electron chi connectivity index (χ4n) is 3.06. The third-order valence-electron chi connectivity index (χ3n) is 4.85. The Bertz CT molecular complexity index is 1290. The number of methoxy groups -OCH3 is 1. The van der Waals surface area contributed by atoms with Crippen molar-refractivity contribution in [2.45, 2.75) is 6.92 Å². The van der Waals surface area contributed by atoms with Gasteiger partial charge in [0.05, 0.1) is 19.0 Å². The maximum absolute atomic E-state index is 12.3. The van der Waals surface area contributed by atoms with Gasteiger partial charge in [-0.1, -0.05) is 6.07 Å². The summed E-state index contributed by atoms with van der Waals surface area (Å²) in [5, 5.41) is 9.95. The molecule has 0 spiro atoms. The summed E-state index contributed by atoms with van der Waals surface area (Å²) in [5.41, 5.74) is 7.27. The number of carbonyl (C=O) groups excluding carboxylic acids is 1. The van der Waals surface area contributed by atoms with Gasteiger partial charge in [-0.3, -0.25) is 4.98 Å². The van der Waals surface area contributed by atoms with Crippen molar-refractivity contribution in [3.05, 3.63) is 90.4 Å². The molecule has 2 amide bonds. The summed E-state index contributed by atoms with van der Waals surface area (Å²) in [6.07, 6.45) is 6.70. The van der Waals surface area contributed by atoms with Crippen molar-refractivity contribution in [3.63, 3.8) is 0 Å². The molecule has 0 aliphatic rings. The van der Waals surface area contributed by atoms with Gasteiger partial charge >= 0.3 is 6.03 Å². The van der Waals surface area contributed by atoms with E-state index in [1.54, 1.807) is 38.0 Å². The minimum Gasteiger partial charge on any atom is -0.497 e. The number of ether oxygens (including phenoxy) is 1. The fourth-order valence-corrected chi connectivity index (χ4v) is 3.06. The zero-order valence-electron chi connectivity index (χ0n) is 18.7. The third kappa shape index (κ3) is 5.92. The van der Waals surface area contributed by atoms with E-state index < -0.39 is 6.03 Å². The highest BCUT2D eigenvalue weighted by Crippen LogP contribution is 2.24. The molecule has 4 aromatic rings. The second kappa shape index (κ2) is 10.7. The van der Waals surface area contributed by atoms with Crippen LogP contribution in [0.4, 0.5) is 22.1 Å². The van der Waals surface area contributed by atoms with Crippen LogP contribution in [0.25, 0.3) is 11.3 Å². The van der Waals surface area contributed by atoms with Crippen LogP contribution in [0.2, 0.25) is 0 Å². The average Bonchev–Trinajstić information content (AvgIpc) is 2.87. The van der Waals surface area contributed by atoms with Crippen molar-refractivity contribution in [1.29, 1.82) is 0 Å². The number of hydrogen-bond donors (Lipinski definition) is 3. The molecular weight excluding hydrogens is 430 g/mol. The summed E-state index contributed by atoms with van der Waals surface area (Å²) in [4.78, 5) is 25.2. The Hall–Kier alpha value is -4.79. The molecule has 0 radical (unpaired) electrons. The highest BCUT2D eigenvalue weighted by Gasteiger charge is 2.07. The Morgan fingerprint density at radius 3 is 2.68 bits per heavy atom. The van der Waals surface area contributed by atoms with Crippen LogP contribution >= 0.6 is 0 Å². The van der Waals surface area contributed by atoms with Gasteiger partial charge in [-0.2, -0.15) is 5.10 Å². The number of nitrogens with zero attached hydrogens (tertiary/aromatic N) is 4. The Kier molecular flexibility index (Phi) is 7.04. The maximum atomic E-state index is 12.3. The van der Waals surface area contributed by atoms with Gasteiger partial charge in [0.2, 0.25) is 5.95 Å². The molecule has 34 heavy (non-hydrogen) atoms. The minimum atomic E-state index is -0.464. The molecule has 9 heteroatoms. The summed E-state index contributed by atoms with van der Waals surface area (Å²) >= 11 is 0. The van der Waals surface area contributed by atoms with Crippen LogP contribution in [0, 0.1) is 6.92 Å². The standard InChI is InChI=1S/C25H23N7O2/c1-17-5-8-20(29-25(33)32-28-15-18-6-9-21(34-2)10-7-18)14-23(17)31-24-27-13-11-22(30-24)19-4-3-12-26-16-19/h3-16H,1-2H3,(H,27,30,31)(H2,29,32,33)/b28-15+. The summed E-state index contributed by atoms with van der Waals surface area (Å²) < 4.78 is 5.12. The van der Waals surface area contributed by atoms with E-state index in [1.807, 2.05) is 61.5 Å². The highest BCUT2D eigenvalue weighted by molar-refractivity contribution is 5.91. The van der Waals surface area contributed by atoms with E-state index in [9.17, 15) is 4.79 Å². The molecule has 0 atom stereocenters. The third-order valence-corrected chi connectivity index (χ3v) is 4.85. The van der Waals surface area contributed by atoms with E-state index in [1.165, 1.54) is 0 Å². The number of nitrogens with one attached hydrogen (secondary N) is 3. The predicted octanol–water partition coefficient (Wildman–Crippen LogP) is 4.75. The van der Waals surface area contributed by atoms with Crippen LogP contribution in [0.15, 0.2) is 84.4 Å². The molecule has 0 aliphatic heterocycles. The normalized spacial score (nSPS) is 10.6. The number of pyridine rings is 1. The lowest BCUT2D eigenvalue weighted by molar-refractivity contribution is 0.252. The largest absolute Gasteiger partial charge is 0.497 e. The molecule has 0 saturated carbocycles. The summed E-state index contributed by atoms with van der Waals surface area (Å²) in [6.45, 7) is 1.95. The Labute approximate surface area is 197 Å². The number of amides is 2. The number of hydrogen-bond acceptors (Lipinski definition) is 7. The van der Waals surface area contributed by atoms with Crippen LogP contribution in [0.1, 0.15) is 11.1 Å². The molecule has 0 saturated heterocycles. The summed E-state index contributed by atoms with van der Waals surface area (Å²) in [5.74, 6) is 1.19. The van der Waals surface area contributed by atoms with E-state index in [-0.39, 0.29) is 0 Å². The minimum absolute atomic E-state index is 0.440. The molecule has 2 aromatic heterocycles. The van der Waals surface area contributed by atoms with E-state index in [0.29, 0.717) is 11.6 Å². The smallest absolute Gasteiger partial charge is 0.339 e. The number of aromatic nitrogens is 3. The van der Waals surface area contributed by atoms with Crippen molar-refractivity contribution in [1.82, 2.24) is 20.4 Å². The monoisotopic (exact) mass is 453 g/mol. The van der Waals surface area contributed by atoms with E-state index in [2.05, 4.69) is 36.1 Å². The van der Waals surface area contributed by atoms with E-state index in [4.69, 9.17) is 4.74 Å². The van der Waals surface area contributed by atoms with E-state index >= 15 is 0 Å². The maximum Gasteiger partial charge on any atom is 0.339 e. The van der Waals surface area contributed by atoms with Crippen LogP contribution in [-0.2, 0) is 0 Å². The molecule has 0 fully saturated rings. The van der Waals surface area contributed by atoms with E-state index in [0.717, 1.165) is 33.8 Å². The van der Waals surface area contributed by atoms with Crippen molar-refractivity contribution in [3.8, 4) is 17.0 Å². The molecular formula is C25H23N7O2. The molecule has 2 aromatic carbocycles. The first-order chi connectivity index (χ1) is 16.6. The van der Waals surface area contributed by atoms with Gasteiger partial charge in [0.1, 0.15) is 5.75 Å². The number of aryl methyl sites for hydroxylation is 1. The average molecular weight is 454 g/mol. The molecule has 0 bridgehead atoms. The molecule has 0 unspecified atom stereocenters. The lowest BCUT2D eigenvalue weighted by Crippen LogP contribution is -2.24. The van der Waals surface area contributed by atoms with Crippen molar-refractivity contribution < 1.29 is 9.53 Å². The molecule has 170 valence electrons. The molecule has 0 aliphatic carbocycles.